The maximum absolute atomic E-state index is 13.4. The van der Waals surface area contributed by atoms with Crippen LogP contribution in [-0.4, -0.2) is 84.2 Å². The molecule has 4 aliphatic heterocycles. The largest absolute Gasteiger partial charge is 0.368 e. The summed E-state index contributed by atoms with van der Waals surface area (Å²) in [4.78, 5) is 54.7. The number of anilines is 6. The fourth-order valence-electron chi connectivity index (χ4n) is 7.91. The van der Waals surface area contributed by atoms with Crippen molar-refractivity contribution in [2.24, 2.45) is 0 Å². The summed E-state index contributed by atoms with van der Waals surface area (Å²) in [6.07, 6.45) is 10.7. The van der Waals surface area contributed by atoms with Crippen LogP contribution in [0.15, 0.2) is 85.6 Å². The number of aromatic nitrogens is 8. The number of carbonyl (C=O) groups is 1. The zero-order valence-electron chi connectivity index (χ0n) is 35.0. The van der Waals surface area contributed by atoms with Gasteiger partial charge >= 0.3 is 6.03 Å². The third-order valence-electron chi connectivity index (χ3n) is 11.1. The number of nitrogens with two attached hydrogens (primary N) is 1. The van der Waals surface area contributed by atoms with Crippen LogP contribution in [0.1, 0.15) is 75.1 Å². The maximum atomic E-state index is 13.4. The molecule has 0 radical (unpaired) electrons. The summed E-state index contributed by atoms with van der Waals surface area (Å²) in [5.41, 5.74) is 15.3. The van der Waals surface area contributed by atoms with Crippen LogP contribution in [0.3, 0.4) is 0 Å². The Labute approximate surface area is 351 Å². The Morgan fingerprint density at radius 2 is 1.38 bits per heavy atom. The van der Waals surface area contributed by atoms with Gasteiger partial charge in [-0.25, -0.2) is 29.7 Å². The number of urea groups is 1. The molecule has 0 aliphatic carbocycles. The lowest BCUT2D eigenvalue weighted by atomic mass is 10.1. The van der Waals surface area contributed by atoms with Crippen LogP contribution in [0.25, 0.3) is 22.5 Å². The van der Waals surface area contributed by atoms with Gasteiger partial charge in [-0.15, -0.1) is 0 Å². The smallest absolute Gasteiger partial charge is 0.329 e. The highest BCUT2D eigenvalue weighted by Gasteiger charge is 2.40. The van der Waals surface area contributed by atoms with Crippen LogP contribution >= 0.6 is 0 Å². The Balaban J connectivity index is 0.000000145. The number of pyridine rings is 4. The lowest BCUT2D eigenvalue weighted by molar-refractivity contribution is 0.254. The first kappa shape index (κ1) is 40.0. The topological polar surface area (TPSA) is 180 Å². The van der Waals surface area contributed by atoms with Gasteiger partial charge in [-0.2, -0.15) is 0 Å². The maximum Gasteiger partial charge on any atom is 0.329 e. The summed E-state index contributed by atoms with van der Waals surface area (Å²) in [7, 11) is 0. The molecule has 6 aromatic heterocycles. The third-order valence-corrected chi connectivity index (χ3v) is 11.1. The van der Waals surface area contributed by atoms with Crippen molar-refractivity contribution in [1.82, 2.24) is 39.9 Å². The van der Waals surface area contributed by atoms with Crippen molar-refractivity contribution in [2.75, 3.05) is 57.2 Å². The first-order chi connectivity index (χ1) is 29.0. The zero-order valence-corrected chi connectivity index (χ0v) is 35.0. The number of fused-ring (bicyclic) bond motifs is 8. The molecule has 0 unspecified atom stereocenters. The molecule has 4 bridgehead atoms. The number of nitrogen functional groups attached to an aromatic ring is 1. The van der Waals surface area contributed by atoms with E-state index in [0.717, 1.165) is 89.4 Å². The molecule has 308 valence electrons. The van der Waals surface area contributed by atoms with Crippen molar-refractivity contribution in [1.29, 1.82) is 0 Å². The number of hydrogen-bond donors (Lipinski definition) is 3. The Kier molecular flexibility index (Phi) is 11.5. The van der Waals surface area contributed by atoms with Crippen LogP contribution in [0.5, 0.6) is 0 Å². The zero-order chi connectivity index (χ0) is 41.9. The minimum atomic E-state index is -0.224. The Morgan fingerprint density at radius 1 is 0.733 bits per heavy atom. The monoisotopic (exact) mass is 804 g/mol. The number of nitrogens with zero attached hydrogens (tertiary/aromatic N) is 11. The molecule has 0 spiro atoms. The lowest BCUT2D eigenvalue weighted by Crippen LogP contribution is -2.48. The molecule has 0 saturated carbocycles. The van der Waals surface area contributed by atoms with E-state index in [-0.39, 0.29) is 18.0 Å². The van der Waals surface area contributed by atoms with Crippen molar-refractivity contribution in [3.63, 3.8) is 0 Å². The summed E-state index contributed by atoms with van der Waals surface area (Å²) in [6.45, 7) is 16.2. The molecule has 2 saturated heterocycles. The molecule has 2 amide bonds. The van der Waals surface area contributed by atoms with Gasteiger partial charge in [0.25, 0.3) is 0 Å². The Hall–Kier alpha value is -6.77. The van der Waals surface area contributed by atoms with Crippen molar-refractivity contribution in [3.8, 4) is 22.5 Å². The third kappa shape index (κ3) is 8.79. The highest BCUT2D eigenvalue weighted by molar-refractivity contribution is 6.04. The normalized spacial score (nSPS) is 16.9. The molecule has 4 N–H and O–H groups in total. The van der Waals surface area contributed by atoms with Crippen molar-refractivity contribution in [2.45, 2.75) is 78.3 Å². The van der Waals surface area contributed by atoms with Gasteiger partial charge < -0.3 is 20.9 Å². The number of rotatable bonds is 5. The minimum absolute atomic E-state index is 0.0793. The van der Waals surface area contributed by atoms with E-state index < -0.39 is 0 Å². The number of hydrogen-bond acceptors (Lipinski definition) is 13. The van der Waals surface area contributed by atoms with Crippen LogP contribution in [-0.2, 0) is 0 Å². The second kappa shape index (κ2) is 17.2. The molecule has 2 fully saturated rings. The van der Waals surface area contributed by atoms with Crippen molar-refractivity contribution < 1.29 is 4.79 Å². The fourth-order valence-corrected chi connectivity index (χ4v) is 7.91. The predicted molar refractivity (Wildman–Crippen MR) is 237 cm³/mol. The van der Waals surface area contributed by atoms with E-state index in [4.69, 9.17) is 15.7 Å². The molecule has 15 heteroatoms. The second-order valence-electron chi connectivity index (χ2n) is 16.2. The summed E-state index contributed by atoms with van der Waals surface area (Å²) in [5, 5.41) is 6.49. The molecule has 6 aromatic rings. The van der Waals surface area contributed by atoms with Crippen molar-refractivity contribution >= 4 is 40.8 Å². The van der Waals surface area contributed by atoms with Crippen LogP contribution in [0.2, 0.25) is 0 Å². The number of amides is 2. The van der Waals surface area contributed by atoms with Crippen LogP contribution < -0.4 is 31.1 Å². The number of carbonyl (C=O) groups excluding carboxylic acids is 1. The number of aryl methyl sites for hydroxylation is 2. The van der Waals surface area contributed by atoms with E-state index in [0.29, 0.717) is 29.5 Å². The molecule has 60 heavy (non-hydrogen) atoms. The first-order valence-corrected chi connectivity index (χ1v) is 20.6. The molecule has 10 heterocycles. The van der Waals surface area contributed by atoms with Gasteiger partial charge in [0, 0.05) is 85.2 Å². The van der Waals surface area contributed by atoms with Crippen LogP contribution in [0.4, 0.5) is 39.6 Å². The summed E-state index contributed by atoms with van der Waals surface area (Å²) < 4.78 is 0. The quantitative estimate of drug-likeness (QED) is 0.155. The van der Waals surface area contributed by atoms with Gasteiger partial charge in [-0.1, -0.05) is 27.7 Å². The highest BCUT2D eigenvalue weighted by atomic mass is 16.2. The molecule has 15 nitrogen and oxygen atoms in total. The SMILES string of the molecule is CC(C)c1ccnc(N)n1.Cc1cc(-c2ccc3c(n2)N(C(=O)Nc2cncc(C(C)C)n2)[C@H]2CCN3C2)ccn1.Cc1cc(-c2ccc3c(n2)N[C@H]2CCN3C2)ccn1. The van der Waals surface area contributed by atoms with Crippen molar-refractivity contribution in [3.05, 3.63) is 108 Å². The summed E-state index contributed by atoms with van der Waals surface area (Å²) in [5.74, 6) is 3.18. The van der Waals surface area contributed by atoms with Gasteiger partial charge in [0.05, 0.1) is 40.7 Å². The minimum Gasteiger partial charge on any atom is -0.368 e. The lowest BCUT2D eigenvalue weighted by Gasteiger charge is -2.35. The van der Waals surface area contributed by atoms with Gasteiger partial charge in [0.15, 0.2) is 17.5 Å². The number of nitrogens with one attached hydrogen (secondary N) is 2. The van der Waals surface area contributed by atoms with E-state index in [2.05, 4.69) is 102 Å². The van der Waals surface area contributed by atoms with Gasteiger partial charge in [-0.05, 0) is 93.1 Å². The van der Waals surface area contributed by atoms with E-state index in [1.165, 1.54) is 12.1 Å². The predicted octanol–water partition coefficient (Wildman–Crippen LogP) is 7.63. The molecular formula is C45H52N14O. The van der Waals surface area contributed by atoms with E-state index in [1.54, 1.807) is 29.7 Å². The van der Waals surface area contributed by atoms with Gasteiger partial charge in [0.2, 0.25) is 5.95 Å². The molecule has 4 aliphatic rings. The Bertz CT molecular complexity index is 2490. The highest BCUT2D eigenvalue weighted by Crippen LogP contribution is 2.40. The van der Waals surface area contributed by atoms with E-state index in [9.17, 15) is 4.79 Å². The summed E-state index contributed by atoms with van der Waals surface area (Å²) in [6, 6.07) is 18.7. The van der Waals surface area contributed by atoms with E-state index >= 15 is 0 Å². The van der Waals surface area contributed by atoms with Crippen LogP contribution in [0, 0.1) is 13.8 Å². The average Bonchev–Trinajstić information content (AvgIpc) is 3.85. The summed E-state index contributed by atoms with van der Waals surface area (Å²) >= 11 is 0. The van der Waals surface area contributed by atoms with Gasteiger partial charge in [-0.3, -0.25) is 25.2 Å². The molecule has 10 rings (SSSR count). The van der Waals surface area contributed by atoms with Gasteiger partial charge in [0.1, 0.15) is 0 Å². The fraction of sp³-hybridized carbons (Fsp3) is 0.356. The Morgan fingerprint density at radius 3 is 2.05 bits per heavy atom. The average molecular weight is 805 g/mol. The van der Waals surface area contributed by atoms with E-state index in [1.807, 2.05) is 50.4 Å². The standard InChI is InChI=1S/C23H25N7O.C15H16N4.C7H11N3/c1-14(2)19-11-24-12-21(26-19)28-23(31)30-17-7-9-29(13-17)20-5-4-18(27-22(20)30)16-6-8-25-15(3)10-16;1-10-8-11(4-6-16-10)13-2-3-14-15(18-13)17-12-5-7-19(14)9-12;1-5(2)6-3-4-9-7(8)10-6/h4-6,8,10-12,14,17H,7,9,13H2,1-3H3,(H,26,28,31);2-4,6,8,12H,5,7,9H2,1H3,(H,17,18);3-5H,1-2H3,(H2,8,9,10)/t17-;12-;/m00./s1. The molecular weight excluding hydrogens is 753 g/mol. The molecule has 2 atom stereocenters. The molecule has 0 aromatic carbocycles. The second-order valence-corrected chi connectivity index (χ2v) is 16.2. The first-order valence-electron chi connectivity index (χ1n) is 20.6.